The molecular weight excluding hydrogens is 191 g/mol. The summed E-state index contributed by atoms with van der Waals surface area (Å²) in [7, 11) is 0. The van der Waals surface area contributed by atoms with E-state index in [0.717, 1.165) is 11.1 Å². The fourth-order valence-electron chi connectivity index (χ4n) is 2.02. The summed E-state index contributed by atoms with van der Waals surface area (Å²) in [5, 5.41) is 10.5. The first kappa shape index (κ1) is 12.2. The molecule has 1 N–H and O–H groups in total. The van der Waals surface area contributed by atoms with Crippen molar-refractivity contribution >= 4 is 0 Å². The van der Waals surface area contributed by atoms with Gasteiger partial charge in [0.1, 0.15) is 5.82 Å². The van der Waals surface area contributed by atoms with E-state index in [0.29, 0.717) is 6.42 Å². The van der Waals surface area contributed by atoms with Crippen molar-refractivity contribution in [2.24, 2.45) is 5.92 Å². The molecule has 15 heavy (non-hydrogen) atoms. The van der Waals surface area contributed by atoms with E-state index in [4.69, 9.17) is 0 Å². The van der Waals surface area contributed by atoms with Crippen LogP contribution in [-0.2, 0) is 5.60 Å². The Labute approximate surface area is 90.9 Å². The van der Waals surface area contributed by atoms with Gasteiger partial charge in [0.2, 0.25) is 0 Å². The molecule has 0 amide bonds. The number of benzene rings is 1. The van der Waals surface area contributed by atoms with E-state index in [9.17, 15) is 9.50 Å². The van der Waals surface area contributed by atoms with Crippen LogP contribution in [0, 0.1) is 18.7 Å². The summed E-state index contributed by atoms with van der Waals surface area (Å²) in [6.45, 7) is 7.74. The van der Waals surface area contributed by atoms with Crippen LogP contribution in [0.5, 0.6) is 0 Å². The summed E-state index contributed by atoms with van der Waals surface area (Å²) >= 11 is 0. The Balaban J connectivity index is 3.24. The monoisotopic (exact) mass is 210 g/mol. The maximum atomic E-state index is 13.0. The Kier molecular flexibility index (Phi) is 3.50. The van der Waals surface area contributed by atoms with Crippen LogP contribution in [0.2, 0.25) is 0 Å². The highest BCUT2D eigenvalue weighted by Gasteiger charge is 2.32. The molecule has 1 aromatic carbocycles. The number of aryl methyl sites for hydroxylation is 1. The van der Waals surface area contributed by atoms with E-state index in [1.807, 2.05) is 27.7 Å². The van der Waals surface area contributed by atoms with Crippen molar-refractivity contribution < 1.29 is 9.50 Å². The van der Waals surface area contributed by atoms with E-state index < -0.39 is 5.60 Å². The van der Waals surface area contributed by atoms with Crippen molar-refractivity contribution in [3.8, 4) is 0 Å². The first-order valence-electron chi connectivity index (χ1n) is 5.40. The van der Waals surface area contributed by atoms with Crippen molar-refractivity contribution in [2.45, 2.75) is 39.7 Å². The highest BCUT2D eigenvalue weighted by Crippen LogP contribution is 2.34. The molecule has 0 fully saturated rings. The van der Waals surface area contributed by atoms with Crippen molar-refractivity contribution in [1.29, 1.82) is 0 Å². The minimum Gasteiger partial charge on any atom is -0.385 e. The summed E-state index contributed by atoms with van der Waals surface area (Å²) in [6.07, 6.45) is 0.636. The zero-order chi connectivity index (χ0) is 11.6. The Hall–Kier alpha value is -0.890. The summed E-state index contributed by atoms with van der Waals surface area (Å²) in [5.41, 5.74) is 0.798. The zero-order valence-corrected chi connectivity index (χ0v) is 9.84. The molecule has 0 aliphatic heterocycles. The Bertz CT molecular complexity index is 346. The number of halogens is 1. The Morgan fingerprint density at radius 2 is 2.00 bits per heavy atom. The van der Waals surface area contributed by atoms with E-state index in [-0.39, 0.29) is 11.7 Å². The summed E-state index contributed by atoms with van der Waals surface area (Å²) in [5.74, 6) is -0.134. The second-order valence-electron chi connectivity index (χ2n) is 4.39. The molecule has 1 aromatic rings. The third kappa shape index (κ3) is 2.20. The van der Waals surface area contributed by atoms with Gasteiger partial charge in [0, 0.05) is 0 Å². The lowest BCUT2D eigenvalue weighted by molar-refractivity contribution is -0.0146. The lowest BCUT2D eigenvalue weighted by Crippen LogP contribution is -2.32. The van der Waals surface area contributed by atoms with Gasteiger partial charge in [-0.15, -0.1) is 0 Å². The predicted molar refractivity (Wildman–Crippen MR) is 60.2 cm³/mol. The number of hydrogen-bond acceptors (Lipinski definition) is 1. The molecule has 84 valence electrons. The fraction of sp³-hybridized carbons (Fsp3) is 0.538. The third-order valence-electron chi connectivity index (χ3n) is 3.15. The SMILES string of the molecule is CCC(O)(c1ccc(F)cc1C)C(C)C. The lowest BCUT2D eigenvalue weighted by atomic mass is 9.79. The highest BCUT2D eigenvalue weighted by molar-refractivity contribution is 5.32. The van der Waals surface area contributed by atoms with Crippen molar-refractivity contribution in [1.82, 2.24) is 0 Å². The van der Waals surface area contributed by atoms with Gasteiger partial charge in [-0.1, -0.05) is 26.8 Å². The van der Waals surface area contributed by atoms with Gasteiger partial charge in [-0.2, -0.15) is 0 Å². The summed E-state index contributed by atoms with van der Waals surface area (Å²) < 4.78 is 13.0. The minimum atomic E-state index is -0.849. The average molecular weight is 210 g/mol. The molecule has 1 nitrogen and oxygen atoms in total. The smallest absolute Gasteiger partial charge is 0.123 e. The van der Waals surface area contributed by atoms with Crippen LogP contribution in [0.1, 0.15) is 38.3 Å². The van der Waals surface area contributed by atoms with Crippen LogP contribution in [0.25, 0.3) is 0 Å². The minimum absolute atomic E-state index is 0.117. The van der Waals surface area contributed by atoms with Gasteiger partial charge in [-0.25, -0.2) is 4.39 Å². The van der Waals surface area contributed by atoms with Gasteiger partial charge in [-0.3, -0.25) is 0 Å². The van der Waals surface area contributed by atoms with E-state index >= 15 is 0 Å². The second kappa shape index (κ2) is 4.31. The molecule has 0 aliphatic rings. The first-order valence-corrected chi connectivity index (χ1v) is 5.40. The van der Waals surface area contributed by atoms with Gasteiger partial charge in [0.05, 0.1) is 5.60 Å². The molecule has 1 unspecified atom stereocenters. The Morgan fingerprint density at radius 3 is 2.40 bits per heavy atom. The van der Waals surface area contributed by atoms with Crippen molar-refractivity contribution in [2.75, 3.05) is 0 Å². The predicted octanol–water partition coefficient (Wildman–Crippen LogP) is 3.39. The molecule has 0 bridgehead atoms. The zero-order valence-electron chi connectivity index (χ0n) is 9.84. The lowest BCUT2D eigenvalue weighted by Gasteiger charge is -2.33. The van der Waals surface area contributed by atoms with Gasteiger partial charge >= 0.3 is 0 Å². The molecule has 0 aromatic heterocycles. The van der Waals surface area contributed by atoms with Crippen LogP contribution in [0.4, 0.5) is 4.39 Å². The largest absolute Gasteiger partial charge is 0.385 e. The van der Waals surface area contributed by atoms with Crippen LogP contribution in [0.3, 0.4) is 0 Å². The highest BCUT2D eigenvalue weighted by atomic mass is 19.1. The second-order valence-corrected chi connectivity index (χ2v) is 4.39. The van der Waals surface area contributed by atoms with E-state index in [2.05, 4.69) is 0 Å². The molecule has 0 radical (unpaired) electrons. The normalized spacial score (nSPS) is 15.4. The standard InChI is InChI=1S/C13H19FO/c1-5-13(15,9(2)3)12-7-6-11(14)8-10(12)4/h6-9,15H,5H2,1-4H3. The van der Waals surface area contributed by atoms with Crippen LogP contribution < -0.4 is 0 Å². The van der Waals surface area contributed by atoms with E-state index in [1.165, 1.54) is 12.1 Å². The number of rotatable bonds is 3. The van der Waals surface area contributed by atoms with Crippen molar-refractivity contribution in [3.63, 3.8) is 0 Å². The van der Waals surface area contributed by atoms with Gasteiger partial charge in [0.25, 0.3) is 0 Å². The molecular formula is C13H19FO. The molecule has 0 saturated carbocycles. The molecule has 0 heterocycles. The fourth-order valence-corrected chi connectivity index (χ4v) is 2.02. The van der Waals surface area contributed by atoms with Crippen LogP contribution >= 0.6 is 0 Å². The van der Waals surface area contributed by atoms with Crippen LogP contribution in [0.15, 0.2) is 18.2 Å². The Morgan fingerprint density at radius 1 is 1.40 bits per heavy atom. The van der Waals surface area contributed by atoms with Gasteiger partial charge in [0.15, 0.2) is 0 Å². The van der Waals surface area contributed by atoms with E-state index in [1.54, 1.807) is 6.07 Å². The molecule has 2 heteroatoms. The quantitative estimate of drug-likeness (QED) is 0.810. The molecule has 0 aliphatic carbocycles. The average Bonchev–Trinajstić information content (AvgIpc) is 2.16. The molecule has 1 atom stereocenters. The molecule has 0 spiro atoms. The number of hydrogen-bond donors (Lipinski definition) is 1. The number of aliphatic hydroxyl groups is 1. The maximum absolute atomic E-state index is 13.0. The van der Waals surface area contributed by atoms with Crippen LogP contribution in [-0.4, -0.2) is 5.11 Å². The van der Waals surface area contributed by atoms with Gasteiger partial charge < -0.3 is 5.11 Å². The topological polar surface area (TPSA) is 20.2 Å². The third-order valence-corrected chi connectivity index (χ3v) is 3.15. The molecule has 1 rings (SSSR count). The first-order chi connectivity index (χ1) is 6.91. The molecule has 0 saturated heterocycles. The maximum Gasteiger partial charge on any atom is 0.123 e. The summed E-state index contributed by atoms with van der Waals surface area (Å²) in [4.78, 5) is 0. The summed E-state index contributed by atoms with van der Waals surface area (Å²) in [6, 6.07) is 4.57. The van der Waals surface area contributed by atoms with Gasteiger partial charge in [-0.05, 0) is 42.5 Å². The van der Waals surface area contributed by atoms with Crippen molar-refractivity contribution in [3.05, 3.63) is 35.1 Å².